The summed E-state index contributed by atoms with van der Waals surface area (Å²) in [6.07, 6.45) is 4.61. The normalized spacial score (nSPS) is 10.9. The van der Waals surface area contributed by atoms with Crippen LogP contribution in [0.5, 0.6) is 11.6 Å². The van der Waals surface area contributed by atoms with Gasteiger partial charge in [-0.05, 0) is 48.4 Å². The molecule has 0 radical (unpaired) electrons. The van der Waals surface area contributed by atoms with Crippen molar-refractivity contribution in [2.24, 2.45) is 0 Å². The number of aromatic nitrogens is 2. The fourth-order valence-corrected chi connectivity index (χ4v) is 3.11. The van der Waals surface area contributed by atoms with Crippen molar-refractivity contribution in [3.63, 3.8) is 0 Å². The number of fused-ring (bicyclic) bond motifs is 1. The summed E-state index contributed by atoms with van der Waals surface area (Å²) in [6.45, 7) is 0.812. The molecule has 5 heteroatoms. The SMILES string of the molecule is CNc1ccnc(Oc2cccc3c2ccn3CCc2ccc(F)cc2)c1. The van der Waals surface area contributed by atoms with Gasteiger partial charge in [0.15, 0.2) is 0 Å². The lowest BCUT2D eigenvalue weighted by molar-refractivity contribution is 0.468. The maximum absolute atomic E-state index is 13.1. The Kier molecular flexibility index (Phi) is 4.75. The lowest BCUT2D eigenvalue weighted by Gasteiger charge is -2.09. The average Bonchev–Trinajstić information content (AvgIpc) is 3.12. The van der Waals surface area contributed by atoms with E-state index in [1.54, 1.807) is 6.20 Å². The highest BCUT2D eigenvalue weighted by molar-refractivity contribution is 5.86. The minimum atomic E-state index is -0.206. The summed E-state index contributed by atoms with van der Waals surface area (Å²) in [5.41, 5.74) is 3.15. The van der Waals surface area contributed by atoms with Crippen LogP contribution in [-0.2, 0) is 13.0 Å². The summed E-state index contributed by atoms with van der Waals surface area (Å²) >= 11 is 0. The van der Waals surface area contributed by atoms with Gasteiger partial charge in [-0.3, -0.25) is 0 Å². The van der Waals surface area contributed by atoms with Crippen LogP contribution in [-0.4, -0.2) is 16.6 Å². The molecule has 0 amide bonds. The topological polar surface area (TPSA) is 39.1 Å². The molecule has 0 saturated heterocycles. The number of aryl methyl sites for hydroxylation is 2. The molecule has 0 unspecified atom stereocenters. The number of hydrogen-bond donors (Lipinski definition) is 1. The van der Waals surface area contributed by atoms with Crippen molar-refractivity contribution in [1.29, 1.82) is 0 Å². The Labute approximate surface area is 157 Å². The number of benzene rings is 2. The van der Waals surface area contributed by atoms with Crippen LogP contribution in [0.1, 0.15) is 5.56 Å². The molecule has 0 aliphatic carbocycles. The van der Waals surface area contributed by atoms with Crippen LogP contribution in [0.4, 0.5) is 10.1 Å². The van der Waals surface area contributed by atoms with Gasteiger partial charge < -0.3 is 14.6 Å². The summed E-state index contributed by atoms with van der Waals surface area (Å²) in [5.74, 6) is 1.12. The molecule has 4 nitrogen and oxygen atoms in total. The minimum Gasteiger partial charge on any atom is -0.438 e. The summed E-state index contributed by atoms with van der Waals surface area (Å²) < 4.78 is 21.3. The second kappa shape index (κ2) is 7.50. The molecule has 0 atom stereocenters. The standard InChI is InChI=1S/C22H20FN3O/c1-24-18-9-12-25-22(15-18)27-21-4-2-3-20-19(21)11-14-26(20)13-10-16-5-7-17(23)8-6-16/h2-9,11-12,14-15H,10,13H2,1H3,(H,24,25). The van der Waals surface area contributed by atoms with Crippen LogP contribution in [0.25, 0.3) is 10.9 Å². The van der Waals surface area contributed by atoms with Crippen molar-refractivity contribution >= 4 is 16.6 Å². The minimum absolute atomic E-state index is 0.206. The summed E-state index contributed by atoms with van der Waals surface area (Å²) in [6, 6.07) is 18.5. The van der Waals surface area contributed by atoms with E-state index in [2.05, 4.69) is 33.2 Å². The molecule has 4 aromatic rings. The molecule has 0 bridgehead atoms. The molecule has 0 saturated carbocycles. The van der Waals surface area contributed by atoms with E-state index in [0.717, 1.165) is 40.9 Å². The van der Waals surface area contributed by atoms with Crippen molar-refractivity contribution in [3.8, 4) is 11.6 Å². The van der Waals surface area contributed by atoms with E-state index in [9.17, 15) is 4.39 Å². The molecule has 2 aromatic carbocycles. The van der Waals surface area contributed by atoms with Gasteiger partial charge in [0.2, 0.25) is 5.88 Å². The molecule has 2 aromatic heterocycles. The lowest BCUT2D eigenvalue weighted by atomic mass is 10.1. The Hall–Kier alpha value is -3.34. The molecule has 4 rings (SSSR count). The van der Waals surface area contributed by atoms with Gasteiger partial charge in [-0.1, -0.05) is 18.2 Å². The first-order valence-corrected chi connectivity index (χ1v) is 8.87. The maximum atomic E-state index is 13.1. The van der Waals surface area contributed by atoms with E-state index in [-0.39, 0.29) is 5.82 Å². The zero-order valence-electron chi connectivity index (χ0n) is 15.0. The quantitative estimate of drug-likeness (QED) is 0.510. The first kappa shape index (κ1) is 17.1. The number of ether oxygens (including phenoxy) is 1. The number of rotatable bonds is 6. The molecule has 0 aliphatic heterocycles. The Morgan fingerprint density at radius 3 is 2.74 bits per heavy atom. The molecule has 136 valence electrons. The first-order valence-electron chi connectivity index (χ1n) is 8.87. The third kappa shape index (κ3) is 3.77. The van der Waals surface area contributed by atoms with Gasteiger partial charge in [-0.2, -0.15) is 0 Å². The number of nitrogens with zero attached hydrogens (tertiary/aromatic N) is 2. The third-order valence-electron chi connectivity index (χ3n) is 4.57. The second-order valence-electron chi connectivity index (χ2n) is 6.31. The van der Waals surface area contributed by atoms with Crippen molar-refractivity contribution in [1.82, 2.24) is 9.55 Å². The molecule has 0 aliphatic rings. The van der Waals surface area contributed by atoms with E-state index in [0.29, 0.717) is 5.88 Å². The fourth-order valence-electron chi connectivity index (χ4n) is 3.11. The number of anilines is 1. The Bertz CT molecular complexity index is 1060. The molecule has 0 fully saturated rings. The summed E-state index contributed by atoms with van der Waals surface area (Å²) in [4.78, 5) is 4.28. The van der Waals surface area contributed by atoms with Gasteiger partial charge in [0.1, 0.15) is 11.6 Å². The molecule has 0 spiro atoms. The van der Waals surface area contributed by atoms with Crippen molar-refractivity contribution < 1.29 is 9.13 Å². The van der Waals surface area contributed by atoms with E-state index in [1.165, 1.54) is 12.1 Å². The summed E-state index contributed by atoms with van der Waals surface area (Å²) in [7, 11) is 1.86. The molecular formula is C22H20FN3O. The molecular weight excluding hydrogens is 341 g/mol. The van der Waals surface area contributed by atoms with Gasteiger partial charge in [-0.25, -0.2) is 9.37 Å². The maximum Gasteiger partial charge on any atom is 0.221 e. The fraction of sp³-hybridized carbons (Fsp3) is 0.136. The second-order valence-corrected chi connectivity index (χ2v) is 6.31. The Balaban J connectivity index is 1.56. The van der Waals surface area contributed by atoms with Crippen LogP contribution in [0.2, 0.25) is 0 Å². The van der Waals surface area contributed by atoms with E-state index in [4.69, 9.17) is 4.74 Å². The van der Waals surface area contributed by atoms with Crippen molar-refractivity contribution in [2.45, 2.75) is 13.0 Å². The van der Waals surface area contributed by atoms with Crippen molar-refractivity contribution in [3.05, 3.63) is 84.4 Å². The van der Waals surface area contributed by atoms with Gasteiger partial charge in [0.05, 0.1) is 5.52 Å². The van der Waals surface area contributed by atoms with Crippen LogP contribution >= 0.6 is 0 Å². The Morgan fingerprint density at radius 2 is 1.93 bits per heavy atom. The summed E-state index contributed by atoms with van der Waals surface area (Å²) in [5, 5.41) is 4.12. The highest BCUT2D eigenvalue weighted by atomic mass is 19.1. The van der Waals surface area contributed by atoms with E-state index < -0.39 is 0 Å². The monoisotopic (exact) mass is 361 g/mol. The lowest BCUT2D eigenvalue weighted by Crippen LogP contribution is -2.00. The van der Waals surface area contributed by atoms with Gasteiger partial charge in [0.25, 0.3) is 0 Å². The van der Waals surface area contributed by atoms with Gasteiger partial charge in [-0.15, -0.1) is 0 Å². The highest BCUT2D eigenvalue weighted by Gasteiger charge is 2.09. The third-order valence-corrected chi connectivity index (χ3v) is 4.57. The van der Waals surface area contributed by atoms with Crippen LogP contribution in [0.15, 0.2) is 73.1 Å². The van der Waals surface area contributed by atoms with Crippen LogP contribution in [0, 0.1) is 5.82 Å². The number of hydrogen-bond acceptors (Lipinski definition) is 3. The van der Waals surface area contributed by atoms with E-state index in [1.807, 2.05) is 43.4 Å². The molecule has 2 heterocycles. The highest BCUT2D eigenvalue weighted by Crippen LogP contribution is 2.30. The predicted molar refractivity (Wildman–Crippen MR) is 106 cm³/mol. The number of halogens is 1. The van der Waals surface area contributed by atoms with Gasteiger partial charge >= 0.3 is 0 Å². The van der Waals surface area contributed by atoms with Gasteiger partial charge in [0, 0.05) is 43.1 Å². The van der Waals surface area contributed by atoms with Crippen molar-refractivity contribution in [2.75, 3.05) is 12.4 Å². The average molecular weight is 361 g/mol. The predicted octanol–water partition coefficient (Wildman–Crippen LogP) is 5.25. The van der Waals surface area contributed by atoms with Crippen LogP contribution in [0.3, 0.4) is 0 Å². The number of nitrogens with one attached hydrogen (secondary N) is 1. The zero-order valence-corrected chi connectivity index (χ0v) is 15.0. The number of pyridine rings is 1. The Morgan fingerprint density at radius 1 is 1.07 bits per heavy atom. The molecule has 27 heavy (non-hydrogen) atoms. The van der Waals surface area contributed by atoms with Crippen LogP contribution < -0.4 is 10.1 Å². The largest absolute Gasteiger partial charge is 0.438 e. The first-order chi connectivity index (χ1) is 13.2. The van der Waals surface area contributed by atoms with E-state index >= 15 is 0 Å². The smallest absolute Gasteiger partial charge is 0.221 e. The molecule has 1 N–H and O–H groups in total. The zero-order chi connectivity index (χ0) is 18.6.